The normalized spacial score (nSPS) is 44.9. The van der Waals surface area contributed by atoms with Gasteiger partial charge in [0.25, 0.3) is 0 Å². The molecule has 0 radical (unpaired) electrons. The zero-order chi connectivity index (χ0) is 16.4. The van der Waals surface area contributed by atoms with E-state index in [1.54, 1.807) is 0 Å². The van der Waals surface area contributed by atoms with Crippen molar-refractivity contribution in [2.24, 2.45) is 11.8 Å². The molecule has 0 aromatic carbocycles. The van der Waals surface area contributed by atoms with Gasteiger partial charge in [-0.15, -0.1) is 0 Å². The minimum atomic E-state index is 0.156. The van der Waals surface area contributed by atoms with E-state index < -0.39 is 0 Å². The summed E-state index contributed by atoms with van der Waals surface area (Å²) in [5.41, 5.74) is 1.45. The van der Waals surface area contributed by atoms with Crippen LogP contribution in [-0.4, -0.2) is 37.1 Å². The second kappa shape index (κ2) is 7.08. The van der Waals surface area contributed by atoms with Crippen molar-refractivity contribution in [2.45, 2.75) is 77.3 Å². The molecule has 0 amide bonds. The van der Waals surface area contributed by atoms with E-state index in [0.29, 0.717) is 24.0 Å². The van der Waals surface area contributed by atoms with Gasteiger partial charge in [0.1, 0.15) is 0 Å². The summed E-state index contributed by atoms with van der Waals surface area (Å²) in [6, 6.07) is 0. The highest BCUT2D eigenvalue weighted by Gasteiger charge is 2.48. The molecule has 1 spiro atoms. The summed E-state index contributed by atoms with van der Waals surface area (Å²) in [6.45, 7) is 10.7. The molecule has 0 aromatic heterocycles. The Morgan fingerprint density at radius 1 is 1.22 bits per heavy atom. The average molecular weight is 320 g/mol. The molecule has 3 aliphatic heterocycles. The van der Waals surface area contributed by atoms with Gasteiger partial charge in [-0.25, -0.2) is 0 Å². The van der Waals surface area contributed by atoms with Crippen LogP contribution in [0.5, 0.6) is 0 Å². The van der Waals surface area contributed by atoms with Crippen molar-refractivity contribution >= 4 is 0 Å². The summed E-state index contributed by atoms with van der Waals surface area (Å²) >= 11 is 0. The molecule has 0 saturated carbocycles. The van der Waals surface area contributed by atoms with Gasteiger partial charge in [0.15, 0.2) is 0 Å². The molecule has 3 aliphatic rings. The Morgan fingerprint density at radius 3 is 2.74 bits per heavy atom. The van der Waals surface area contributed by atoms with E-state index >= 15 is 0 Å². The molecule has 0 unspecified atom stereocenters. The molecule has 3 heteroatoms. The van der Waals surface area contributed by atoms with E-state index in [-0.39, 0.29) is 11.7 Å². The molecule has 3 heterocycles. The van der Waals surface area contributed by atoms with Crippen molar-refractivity contribution in [3.63, 3.8) is 0 Å². The summed E-state index contributed by atoms with van der Waals surface area (Å²) in [6.07, 6.45) is 12.0. The summed E-state index contributed by atoms with van der Waals surface area (Å²) in [5.74, 6) is 1.31. The maximum atomic E-state index is 6.18. The fraction of sp³-hybridized carbons (Fsp3) is 0.800. The fourth-order valence-corrected chi connectivity index (χ4v) is 3.80. The lowest BCUT2D eigenvalue weighted by molar-refractivity contribution is -0.0958. The van der Waals surface area contributed by atoms with Crippen LogP contribution in [0.3, 0.4) is 0 Å². The zero-order valence-corrected chi connectivity index (χ0v) is 15.1. The third-order valence-electron chi connectivity index (χ3n) is 5.83. The Bertz CT molecular complexity index is 464. The summed E-state index contributed by atoms with van der Waals surface area (Å²) in [7, 11) is 0. The van der Waals surface area contributed by atoms with Gasteiger partial charge in [-0.3, -0.25) is 0 Å². The van der Waals surface area contributed by atoms with E-state index in [9.17, 15) is 0 Å². The Morgan fingerprint density at radius 2 is 2.00 bits per heavy atom. The maximum Gasteiger partial charge on any atom is 0.0966 e. The molecule has 3 fully saturated rings. The van der Waals surface area contributed by atoms with Crippen LogP contribution in [-0.2, 0) is 14.2 Å². The van der Waals surface area contributed by atoms with Crippen LogP contribution in [0.1, 0.15) is 53.4 Å². The number of allylic oxidation sites excluding steroid dienone is 2. The Hall–Kier alpha value is -0.640. The highest BCUT2D eigenvalue weighted by Crippen LogP contribution is 2.39. The monoisotopic (exact) mass is 320 g/mol. The smallest absolute Gasteiger partial charge is 0.0966 e. The maximum absolute atomic E-state index is 6.18. The van der Waals surface area contributed by atoms with Crippen LogP contribution in [0.25, 0.3) is 0 Å². The first kappa shape index (κ1) is 17.2. The zero-order valence-electron chi connectivity index (χ0n) is 15.1. The van der Waals surface area contributed by atoms with Gasteiger partial charge in [0.05, 0.1) is 37.1 Å². The third-order valence-corrected chi connectivity index (χ3v) is 5.83. The van der Waals surface area contributed by atoms with Gasteiger partial charge >= 0.3 is 0 Å². The van der Waals surface area contributed by atoms with Crippen LogP contribution in [0, 0.1) is 11.8 Å². The van der Waals surface area contributed by atoms with Crippen LogP contribution in [0.15, 0.2) is 23.8 Å². The number of rotatable bonds is 4. The van der Waals surface area contributed by atoms with Crippen molar-refractivity contribution in [1.82, 2.24) is 0 Å². The molecular weight excluding hydrogens is 288 g/mol. The molecular formula is C20H32O3. The van der Waals surface area contributed by atoms with E-state index in [1.807, 2.05) is 0 Å². The second-order valence-electron chi connectivity index (χ2n) is 7.95. The quantitative estimate of drug-likeness (QED) is 0.572. The van der Waals surface area contributed by atoms with Gasteiger partial charge in [-0.1, -0.05) is 37.6 Å². The van der Waals surface area contributed by atoms with Crippen molar-refractivity contribution in [3.8, 4) is 0 Å². The van der Waals surface area contributed by atoms with Crippen molar-refractivity contribution in [1.29, 1.82) is 0 Å². The first-order valence-corrected chi connectivity index (χ1v) is 9.23. The van der Waals surface area contributed by atoms with E-state index in [0.717, 1.165) is 32.5 Å². The number of hydrogen-bond acceptors (Lipinski definition) is 3. The van der Waals surface area contributed by atoms with Crippen LogP contribution < -0.4 is 0 Å². The van der Waals surface area contributed by atoms with Gasteiger partial charge in [0, 0.05) is 12.8 Å². The lowest BCUT2D eigenvalue weighted by Gasteiger charge is -2.37. The highest BCUT2D eigenvalue weighted by atomic mass is 16.6. The molecule has 0 aromatic rings. The molecule has 3 nitrogen and oxygen atoms in total. The molecule has 6 atom stereocenters. The standard InChI is InChI=1S/C20H32O3/c1-14(5-7-18-12-20(13-22-20)9-10-21-18)6-8-19-16(3)11-15(2)17(4)23-19/h5-7,15-19H,8-13H2,1-4H3/b7-5+,14-6+/t15-,16+,17-,18-,19+,20+/m1/s1. The molecule has 3 rings (SSSR count). The van der Waals surface area contributed by atoms with Gasteiger partial charge < -0.3 is 14.2 Å². The number of ether oxygens (including phenoxy) is 3. The van der Waals surface area contributed by atoms with Gasteiger partial charge in [0.2, 0.25) is 0 Å². The molecule has 130 valence electrons. The third kappa shape index (κ3) is 4.46. The van der Waals surface area contributed by atoms with Crippen LogP contribution in [0.4, 0.5) is 0 Å². The minimum absolute atomic E-state index is 0.156. The lowest BCUT2D eigenvalue weighted by Crippen LogP contribution is -2.37. The van der Waals surface area contributed by atoms with Crippen LogP contribution in [0.2, 0.25) is 0 Å². The first-order valence-electron chi connectivity index (χ1n) is 9.23. The van der Waals surface area contributed by atoms with E-state index in [4.69, 9.17) is 14.2 Å². The summed E-state index contributed by atoms with van der Waals surface area (Å²) in [5, 5.41) is 0. The molecule has 0 N–H and O–H groups in total. The predicted octanol–water partition coefficient (Wildman–Crippen LogP) is 4.28. The summed E-state index contributed by atoms with van der Waals surface area (Å²) in [4.78, 5) is 0. The second-order valence-corrected chi connectivity index (χ2v) is 7.95. The molecule has 0 aliphatic carbocycles. The van der Waals surface area contributed by atoms with Gasteiger partial charge in [-0.05, 0) is 38.5 Å². The Labute approximate surface area is 141 Å². The largest absolute Gasteiger partial charge is 0.374 e. The Kier molecular flexibility index (Phi) is 5.29. The summed E-state index contributed by atoms with van der Waals surface area (Å²) < 4.78 is 17.6. The SMILES string of the molecule is CC(/C=C/[C@@H]1C[C@@]2(CCO1)CO2)=C\C[C@@H]1O[C@H](C)[C@H](C)C[C@@H]1C. The highest BCUT2D eigenvalue weighted by molar-refractivity contribution is 5.18. The van der Waals surface area contributed by atoms with E-state index in [2.05, 4.69) is 45.9 Å². The Balaban J connectivity index is 1.48. The number of hydrogen-bond donors (Lipinski definition) is 0. The van der Waals surface area contributed by atoms with E-state index in [1.165, 1.54) is 12.0 Å². The minimum Gasteiger partial charge on any atom is -0.374 e. The molecule has 0 bridgehead atoms. The number of epoxide rings is 1. The topological polar surface area (TPSA) is 31.0 Å². The van der Waals surface area contributed by atoms with Gasteiger partial charge in [-0.2, -0.15) is 0 Å². The van der Waals surface area contributed by atoms with Crippen LogP contribution >= 0.6 is 0 Å². The predicted molar refractivity (Wildman–Crippen MR) is 92.5 cm³/mol. The van der Waals surface area contributed by atoms with Crippen molar-refractivity contribution in [2.75, 3.05) is 13.2 Å². The molecule has 23 heavy (non-hydrogen) atoms. The first-order chi connectivity index (χ1) is 11.0. The fourth-order valence-electron chi connectivity index (χ4n) is 3.80. The molecule has 3 saturated heterocycles. The average Bonchev–Trinajstić information content (AvgIpc) is 3.26. The lowest BCUT2D eigenvalue weighted by atomic mass is 9.85. The van der Waals surface area contributed by atoms with Crippen molar-refractivity contribution in [3.05, 3.63) is 23.8 Å². The van der Waals surface area contributed by atoms with Crippen molar-refractivity contribution < 1.29 is 14.2 Å².